The van der Waals surface area contributed by atoms with E-state index in [1.54, 1.807) is 6.92 Å². The predicted molar refractivity (Wildman–Crippen MR) is 148 cm³/mol. The van der Waals surface area contributed by atoms with Crippen molar-refractivity contribution in [1.82, 2.24) is 9.97 Å². The third kappa shape index (κ3) is 6.42. The first kappa shape index (κ1) is 31.0. The number of rotatable bonds is 11. The highest BCUT2D eigenvalue weighted by Crippen LogP contribution is 2.58. The quantitative estimate of drug-likeness (QED) is 0.124. The number of aryl methyl sites for hydroxylation is 1. The van der Waals surface area contributed by atoms with Crippen LogP contribution >= 0.6 is 26.8 Å². The monoisotopic (exact) mass is 619 g/mol. The zero-order valence-electron chi connectivity index (χ0n) is 22.1. The minimum Gasteiger partial charge on any atom is -0.387 e. The van der Waals surface area contributed by atoms with Gasteiger partial charge in [0.25, 0.3) is 0 Å². The lowest BCUT2D eigenvalue weighted by atomic mass is 10.1. The number of ether oxygens (including phenoxy) is 1. The summed E-state index contributed by atoms with van der Waals surface area (Å²) in [6, 6.07) is 8.21. The van der Waals surface area contributed by atoms with E-state index < -0.39 is 52.2 Å². The van der Waals surface area contributed by atoms with Gasteiger partial charge in [-0.25, -0.2) is 9.99 Å². The van der Waals surface area contributed by atoms with E-state index in [0.717, 1.165) is 25.0 Å². The van der Waals surface area contributed by atoms with Gasteiger partial charge in [0.05, 0.1) is 12.6 Å². The number of fused-ring (bicyclic) bond motifs is 1. The third-order valence-electron chi connectivity index (χ3n) is 6.99. The van der Waals surface area contributed by atoms with E-state index in [4.69, 9.17) is 25.4 Å². The van der Waals surface area contributed by atoms with E-state index in [0.29, 0.717) is 11.4 Å². The Morgan fingerprint density at radius 3 is 2.52 bits per heavy atom. The molecule has 2 heterocycles. The summed E-state index contributed by atoms with van der Waals surface area (Å²) < 4.78 is 39.5. The van der Waals surface area contributed by atoms with Gasteiger partial charge in [-0.1, -0.05) is 24.3 Å². The Balaban J connectivity index is 1.57. The molecule has 1 aliphatic carbocycles. The number of aliphatic hydroxyl groups excluding tert-OH is 2. The average molecular weight is 620 g/mol. The van der Waals surface area contributed by atoms with Gasteiger partial charge in [-0.05, 0) is 42.5 Å². The molecule has 0 radical (unpaired) electrons. The van der Waals surface area contributed by atoms with Crippen LogP contribution in [0.5, 0.6) is 0 Å². The van der Waals surface area contributed by atoms with E-state index in [1.807, 2.05) is 24.1 Å². The molecule has 2 aromatic rings. The number of aliphatic hydroxyl groups is 2. The molecule has 2 aliphatic rings. The number of halogens is 1. The first-order valence-corrected chi connectivity index (χ1v) is 16.1. The van der Waals surface area contributed by atoms with Gasteiger partial charge < -0.3 is 38.7 Å². The van der Waals surface area contributed by atoms with Crippen molar-refractivity contribution in [2.24, 2.45) is 5.10 Å². The van der Waals surface area contributed by atoms with Gasteiger partial charge in [0, 0.05) is 26.4 Å². The fourth-order valence-corrected chi connectivity index (χ4v) is 8.25. The summed E-state index contributed by atoms with van der Waals surface area (Å²) in [7, 11) is -6.09. The first-order chi connectivity index (χ1) is 18.8. The zero-order valence-corrected chi connectivity index (χ0v) is 24.6. The lowest BCUT2D eigenvalue weighted by molar-refractivity contribution is -0.0191. The van der Waals surface area contributed by atoms with Crippen LogP contribution in [-0.4, -0.2) is 87.9 Å². The number of hydrogen-bond donors (Lipinski definition) is 4. The molecule has 1 saturated heterocycles. The van der Waals surface area contributed by atoms with Crippen LogP contribution in [0.3, 0.4) is 0 Å². The molecule has 0 amide bonds. The number of aromatic nitrogens is 2. The predicted octanol–water partition coefficient (Wildman–Crippen LogP) is 2.42. The lowest BCUT2D eigenvalue weighted by Crippen LogP contribution is -2.42. The molecule has 17 heteroatoms. The second-order valence-electron chi connectivity index (χ2n) is 9.56. The second kappa shape index (κ2) is 12.1. The molecular formula is C23H32ClN5O9P2. The summed E-state index contributed by atoms with van der Waals surface area (Å²) in [5.74, 6) is -0.465. The lowest BCUT2D eigenvalue weighted by Gasteiger charge is -2.31. The molecule has 4 rings (SSSR count). The van der Waals surface area contributed by atoms with Crippen molar-refractivity contribution in [1.29, 1.82) is 0 Å². The Morgan fingerprint density at radius 2 is 1.88 bits per heavy atom. The molecule has 40 heavy (non-hydrogen) atoms. The number of benzene rings is 1. The van der Waals surface area contributed by atoms with Crippen molar-refractivity contribution in [3.63, 3.8) is 0 Å². The fraction of sp³-hybridized carbons (Fsp3) is 0.522. The number of anilines is 2. The summed E-state index contributed by atoms with van der Waals surface area (Å²) >= 11 is 6.32. The minimum absolute atomic E-state index is 0.0418. The molecule has 1 aliphatic heterocycles. The summed E-state index contributed by atoms with van der Waals surface area (Å²) in [5, 5.41) is 26.5. The molecule has 14 nitrogen and oxygen atoms in total. The average Bonchev–Trinajstić information content (AvgIpc) is 3.45. The molecule has 220 valence electrons. The highest BCUT2D eigenvalue weighted by atomic mass is 35.5. The molecule has 0 bridgehead atoms. The van der Waals surface area contributed by atoms with Gasteiger partial charge in [0.1, 0.15) is 24.1 Å². The van der Waals surface area contributed by atoms with Crippen LogP contribution in [0.4, 0.5) is 11.6 Å². The maximum absolute atomic E-state index is 12.6. The van der Waals surface area contributed by atoms with E-state index in [9.17, 15) is 29.1 Å². The second-order valence-corrected chi connectivity index (χ2v) is 14.2. The fourth-order valence-electron chi connectivity index (χ4n) is 5.02. The maximum atomic E-state index is 12.6. The van der Waals surface area contributed by atoms with Crippen LogP contribution in [0.15, 0.2) is 29.4 Å². The van der Waals surface area contributed by atoms with Gasteiger partial charge in [-0.15, -0.1) is 0 Å². The highest BCUT2D eigenvalue weighted by Gasteiger charge is 2.48. The minimum atomic E-state index is -4.74. The standard InChI is InChI=1S/C23H32ClN5O9P2/c1-13-20(28(3)16-10-9-14-7-5-6-8-15(14)16)26-23(24)27-21(13)29(25-2)22-19(31)18(30)17(38-22)11-37-40(35,36-4)12-39(32,33)34/h5-8,16-19,22,30-31H,2,9-12H2,1,3-4H3,(H2,32,33,34)/t16?,17-,18-,19-,22-,40?/m1/s1. The number of hydrazone groups is 1. The van der Waals surface area contributed by atoms with Crippen molar-refractivity contribution in [2.75, 3.05) is 36.6 Å². The summed E-state index contributed by atoms with van der Waals surface area (Å²) in [6.45, 7) is 4.71. The molecule has 1 fully saturated rings. The molecule has 4 N–H and O–H groups in total. The molecule has 2 unspecified atom stereocenters. The van der Waals surface area contributed by atoms with Gasteiger partial charge in [-0.2, -0.15) is 10.1 Å². The molecule has 1 aromatic carbocycles. The van der Waals surface area contributed by atoms with Crippen LogP contribution in [0, 0.1) is 6.92 Å². The number of hydrogen-bond acceptors (Lipinski definition) is 12. The zero-order chi connectivity index (χ0) is 29.4. The van der Waals surface area contributed by atoms with Crippen LogP contribution in [0.25, 0.3) is 0 Å². The maximum Gasteiger partial charge on any atom is 0.342 e. The van der Waals surface area contributed by atoms with Gasteiger partial charge >= 0.3 is 15.2 Å². The molecule has 0 saturated carbocycles. The van der Waals surface area contributed by atoms with Crippen molar-refractivity contribution < 1.29 is 42.9 Å². The number of nitrogens with zero attached hydrogens (tertiary/aromatic N) is 5. The topological polar surface area (TPSA) is 187 Å². The van der Waals surface area contributed by atoms with Crippen LogP contribution < -0.4 is 9.91 Å². The van der Waals surface area contributed by atoms with Crippen LogP contribution in [0.1, 0.15) is 29.2 Å². The Hall–Kier alpha value is -1.96. The van der Waals surface area contributed by atoms with Crippen molar-refractivity contribution in [3.8, 4) is 0 Å². The highest BCUT2D eigenvalue weighted by molar-refractivity contribution is 7.70. The smallest absolute Gasteiger partial charge is 0.342 e. The van der Waals surface area contributed by atoms with Crippen molar-refractivity contribution in [2.45, 2.75) is 50.3 Å². The molecule has 1 aromatic heterocycles. The largest absolute Gasteiger partial charge is 0.387 e. The van der Waals surface area contributed by atoms with Gasteiger partial charge in [-0.3, -0.25) is 9.13 Å². The van der Waals surface area contributed by atoms with E-state index in [-0.39, 0.29) is 17.1 Å². The molecular weight excluding hydrogens is 588 g/mol. The van der Waals surface area contributed by atoms with Gasteiger partial charge in [0.2, 0.25) is 5.28 Å². The summed E-state index contributed by atoms with van der Waals surface area (Å²) in [4.78, 5) is 29.1. The molecule has 0 spiro atoms. The summed E-state index contributed by atoms with van der Waals surface area (Å²) in [5.41, 5.74) is 3.00. The third-order valence-corrected chi connectivity index (χ3v) is 11.1. The van der Waals surface area contributed by atoms with Crippen molar-refractivity contribution in [3.05, 3.63) is 46.2 Å². The SMILES string of the molecule is C=NN(c1nc(Cl)nc(N(C)C2CCc3ccccc32)c1C)[C@@H]1O[C@H](COP(=O)(CP(=O)(O)O)OC)[C@@H](O)[C@H]1O. The van der Waals surface area contributed by atoms with E-state index >= 15 is 0 Å². The Morgan fingerprint density at radius 1 is 1.20 bits per heavy atom. The Kier molecular flexibility index (Phi) is 9.38. The first-order valence-electron chi connectivity index (χ1n) is 12.2. The van der Waals surface area contributed by atoms with Crippen LogP contribution in [0.2, 0.25) is 5.28 Å². The Labute approximate surface area is 236 Å². The van der Waals surface area contributed by atoms with Crippen LogP contribution in [-0.2, 0) is 29.3 Å². The Bertz CT molecular complexity index is 1350. The van der Waals surface area contributed by atoms with Crippen molar-refractivity contribution >= 4 is 45.1 Å². The molecule has 6 atom stereocenters. The normalized spacial score (nSPS) is 25.9. The van der Waals surface area contributed by atoms with E-state index in [1.165, 1.54) is 11.1 Å². The summed E-state index contributed by atoms with van der Waals surface area (Å²) in [6.07, 6.45) is -3.90. The van der Waals surface area contributed by atoms with E-state index in [2.05, 4.69) is 33.9 Å². The van der Waals surface area contributed by atoms with Gasteiger partial charge in [0.15, 0.2) is 17.9 Å².